The highest BCUT2D eigenvalue weighted by atomic mass is 19.4. The van der Waals surface area contributed by atoms with Gasteiger partial charge >= 0.3 is 6.18 Å². The van der Waals surface area contributed by atoms with Crippen LogP contribution in [0.25, 0.3) is 0 Å². The molecular weight excluding hydrogens is 467 g/mol. The Morgan fingerprint density at radius 1 is 1.03 bits per heavy atom. The van der Waals surface area contributed by atoms with Gasteiger partial charge in [-0.05, 0) is 73.5 Å². The number of nitrogens with zero attached hydrogens (tertiary/aromatic N) is 1. The van der Waals surface area contributed by atoms with Gasteiger partial charge < -0.3 is 15.0 Å². The van der Waals surface area contributed by atoms with E-state index in [0.717, 1.165) is 37.8 Å². The standard InChI is InChI=1S/C26H29F5N2O2/c1-17-13-19(15-21(28)14-17)25(35-2,26(29,30)31)23(34)33-11-8-24(9-12-33)7-10-32-16-22(24)18-3-5-20(27)6-4-18/h3-6,13-15,22,32H,7-12,16H2,1-2H3/t22-,25?/m0/s1. The summed E-state index contributed by atoms with van der Waals surface area (Å²) >= 11 is 0. The molecule has 2 aliphatic rings. The number of carbonyl (C=O) groups excluding carboxylic acids is 1. The van der Waals surface area contributed by atoms with E-state index in [9.17, 15) is 26.7 Å². The molecule has 2 atom stereocenters. The lowest BCUT2D eigenvalue weighted by molar-refractivity contribution is -0.271. The van der Waals surface area contributed by atoms with Crippen molar-refractivity contribution in [1.29, 1.82) is 0 Å². The second-order valence-electron chi connectivity index (χ2n) is 9.61. The first-order chi connectivity index (χ1) is 16.5. The molecule has 1 unspecified atom stereocenters. The Bertz CT molecular complexity index is 1040. The number of hydrogen-bond donors (Lipinski definition) is 1. The summed E-state index contributed by atoms with van der Waals surface area (Å²) in [6.07, 6.45) is -3.29. The van der Waals surface area contributed by atoms with Crippen molar-refractivity contribution in [1.82, 2.24) is 10.2 Å². The number of rotatable bonds is 4. The number of nitrogens with one attached hydrogen (secondary N) is 1. The molecule has 2 aromatic carbocycles. The van der Waals surface area contributed by atoms with Crippen molar-refractivity contribution in [2.24, 2.45) is 5.41 Å². The summed E-state index contributed by atoms with van der Waals surface area (Å²) in [4.78, 5) is 14.7. The third-order valence-electron chi connectivity index (χ3n) is 7.66. The number of halogens is 5. The monoisotopic (exact) mass is 496 g/mol. The number of aryl methyl sites for hydroxylation is 1. The van der Waals surface area contributed by atoms with Crippen LogP contribution in [0.4, 0.5) is 22.0 Å². The molecule has 2 heterocycles. The predicted octanol–water partition coefficient (Wildman–Crippen LogP) is 5.06. The van der Waals surface area contributed by atoms with Crippen LogP contribution in [0.5, 0.6) is 0 Å². The van der Waals surface area contributed by atoms with E-state index in [1.54, 1.807) is 12.1 Å². The highest BCUT2D eigenvalue weighted by Gasteiger charge is 2.64. The maximum Gasteiger partial charge on any atom is 0.430 e. The van der Waals surface area contributed by atoms with E-state index in [1.165, 1.54) is 24.0 Å². The number of benzene rings is 2. The van der Waals surface area contributed by atoms with Gasteiger partial charge in [-0.15, -0.1) is 0 Å². The summed E-state index contributed by atoms with van der Waals surface area (Å²) in [5.74, 6) is -2.38. The Balaban J connectivity index is 1.62. The molecule has 2 aliphatic heterocycles. The molecule has 0 saturated carbocycles. The topological polar surface area (TPSA) is 41.6 Å². The van der Waals surface area contributed by atoms with Crippen LogP contribution < -0.4 is 5.32 Å². The van der Waals surface area contributed by atoms with Gasteiger partial charge in [0.15, 0.2) is 0 Å². The first kappa shape index (κ1) is 25.6. The number of amides is 1. The minimum atomic E-state index is -5.10. The summed E-state index contributed by atoms with van der Waals surface area (Å²) in [5, 5.41) is 3.36. The number of hydrogen-bond acceptors (Lipinski definition) is 3. The number of alkyl halides is 3. The van der Waals surface area contributed by atoms with Crippen molar-refractivity contribution in [3.8, 4) is 0 Å². The molecule has 4 nitrogen and oxygen atoms in total. The van der Waals surface area contributed by atoms with Crippen LogP contribution in [-0.2, 0) is 15.1 Å². The molecule has 35 heavy (non-hydrogen) atoms. The molecule has 4 rings (SSSR count). The maximum absolute atomic E-state index is 14.5. The van der Waals surface area contributed by atoms with Gasteiger partial charge in [0.25, 0.3) is 11.5 Å². The lowest BCUT2D eigenvalue weighted by Gasteiger charge is -2.50. The first-order valence-electron chi connectivity index (χ1n) is 11.7. The van der Waals surface area contributed by atoms with Crippen LogP contribution in [0.2, 0.25) is 0 Å². The van der Waals surface area contributed by atoms with Crippen molar-refractivity contribution >= 4 is 5.91 Å². The van der Waals surface area contributed by atoms with Crippen molar-refractivity contribution in [2.75, 3.05) is 33.3 Å². The number of carbonyl (C=O) groups is 1. The summed E-state index contributed by atoms with van der Waals surface area (Å²) in [7, 11) is 0.828. The SMILES string of the molecule is COC(C(=O)N1CCC2(CCNC[C@H]2c2ccc(F)cc2)CC1)(c1cc(C)cc(F)c1)C(F)(F)F. The molecule has 1 amide bonds. The van der Waals surface area contributed by atoms with Crippen LogP contribution in [0.1, 0.15) is 41.9 Å². The van der Waals surface area contributed by atoms with E-state index in [4.69, 9.17) is 4.74 Å². The van der Waals surface area contributed by atoms with E-state index < -0.39 is 29.1 Å². The zero-order valence-electron chi connectivity index (χ0n) is 19.7. The van der Waals surface area contributed by atoms with Crippen LogP contribution in [-0.4, -0.2) is 50.3 Å². The molecule has 1 spiro atoms. The molecule has 0 aromatic heterocycles. The van der Waals surface area contributed by atoms with Crippen molar-refractivity contribution < 1.29 is 31.5 Å². The van der Waals surface area contributed by atoms with E-state index in [-0.39, 0.29) is 35.8 Å². The molecule has 2 saturated heterocycles. The second kappa shape index (κ2) is 9.50. The van der Waals surface area contributed by atoms with Crippen molar-refractivity contribution in [3.63, 3.8) is 0 Å². The van der Waals surface area contributed by atoms with E-state index in [2.05, 4.69) is 5.32 Å². The summed E-state index contributed by atoms with van der Waals surface area (Å²) < 4.78 is 75.9. The van der Waals surface area contributed by atoms with Gasteiger partial charge in [-0.3, -0.25) is 4.79 Å². The van der Waals surface area contributed by atoms with Gasteiger partial charge in [-0.1, -0.05) is 18.2 Å². The Morgan fingerprint density at radius 2 is 1.69 bits per heavy atom. The second-order valence-corrected chi connectivity index (χ2v) is 9.61. The molecule has 0 bridgehead atoms. The van der Waals surface area contributed by atoms with Gasteiger partial charge in [-0.2, -0.15) is 13.2 Å². The molecule has 0 aliphatic carbocycles. The van der Waals surface area contributed by atoms with E-state index in [0.29, 0.717) is 25.5 Å². The Labute approximate surface area is 201 Å². The Kier molecular flexibility index (Phi) is 6.94. The molecule has 1 N–H and O–H groups in total. The molecule has 2 aromatic rings. The molecule has 0 radical (unpaired) electrons. The number of likely N-dealkylation sites (tertiary alicyclic amines) is 1. The molecule has 9 heteroatoms. The third-order valence-corrected chi connectivity index (χ3v) is 7.66. The summed E-state index contributed by atoms with van der Waals surface area (Å²) in [6, 6.07) is 9.27. The molecule has 190 valence electrons. The number of methoxy groups -OCH3 is 1. The number of piperidine rings is 2. The van der Waals surface area contributed by atoms with Crippen molar-refractivity contribution in [2.45, 2.75) is 43.9 Å². The average Bonchev–Trinajstić information content (AvgIpc) is 2.80. The van der Waals surface area contributed by atoms with Gasteiger partial charge in [0, 0.05) is 38.2 Å². The normalized spacial score (nSPS) is 22.1. The summed E-state index contributed by atoms with van der Waals surface area (Å²) in [5.41, 5.74) is -2.86. The largest absolute Gasteiger partial charge is 0.430 e. The Hall–Kier alpha value is -2.52. The van der Waals surface area contributed by atoms with Gasteiger partial charge in [0.05, 0.1) is 0 Å². The first-order valence-corrected chi connectivity index (χ1v) is 11.7. The van der Waals surface area contributed by atoms with Gasteiger partial charge in [0.2, 0.25) is 0 Å². The minimum Gasteiger partial charge on any atom is -0.356 e. The van der Waals surface area contributed by atoms with E-state index in [1.807, 2.05) is 0 Å². The Morgan fingerprint density at radius 3 is 2.26 bits per heavy atom. The summed E-state index contributed by atoms with van der Waals surface area (Å²) in [6.45, 7) is 3.13. The number of ether oxygens (including phenoxy) is 1. The quantitative estimate of drug-likeness (QED) is 0.602. The molecular formula is C26H29F5N2O2. The molecule has 2 fully saturated rings. The fourth-order valence-electron chi connectivity index (χ4n) is 5.79. The van der Waals surface area contributed by atoms with Crippen molar-refractivity contribution in [3.05, 3.63) is 70.8 Å². The fraction of sp³-hybridized carbons (Fsp3) is 0.500. The maximum atomic E-state index is 14.5. The zero-order chi connectivity index (χ0) is 25.4. The van der Waals surface area contributed by atoms with E-state index >= 15 is 0 Å². The van der Waals surface area contributed by atoms with Crippen LogP contribution >= 0.6 is 0 Å². The minimum absolute atomic E-state index is 0.0507. The van der Waals surface area contributed by atoms with Crippen LogP contribution in [0, 0.1) is 24.0 Å². The zero-order valence-corrected chi connectivity index (χ0v) is 19.7. The predicted molar refractivity (Wildman–Crippen MR) is 121 cm³/mol. The lowest BCUT2D eigenvalue weighted by atomic mass is 9.62. The highest BCUT2D eigenvalue weighted by molar-refractivity contribution is 5.88. The fourth-order valence-corrected chi connectivity index (χ4v) is 5.79. The van der Waals surface area contributed by atoms with Crippen LogP contribution in [0.3, 0.4) is 0 Å². The van der Waals surface area contributed by atoms with Gasteiger partial charge in [0.1, 0.15) is 11.6 Å². The highest BCUT2D eigenvalue weighted by Crippen LogP contribution is 2.50. The van der Waals surface area contributed by atoms with Crippen LogP contribution in [0.15, 0.2) is 42.5 Å². The average molecular weight is 497 g/mol. The lowest BCUT2D eigenvalue weighted by Crippen LogP contribution is -2.60. The smallest absolute Gasteiger partial charge is 0.356 e. The third kappa shape index (κ3) is 4.56. The van der Waals surface area contributed by atoms with Gasteiger partial charge in [-0.25, -0.2) is 8.78 Å².